The standard InChI is InChI=1S/C22H30N2O3/c1-4-5-13-26-21-15-18(11-12-20(21)23)22(25)27-16-19(24(2)3)14-17-9-7-6-8-10-17/h6-12,15,19H,4-5,13-14,16,23H2,1-3H3/t19-/m0/s1. The molecule has 0 aliphatic rings. The average molecular weight is 370 g/mol. The monoisotopic (exact) mass is 370 g/mol. The fourth-order valence-corrected chi connectivity index (χ4v) is 2.64. The predicted octanol–water partition coefficient (Wildman–Crippen LogP) is 3.78. The van der Waals surface area contributed by atoms with Crippen LogP contribution >= 0.6 is 0 Å². The molecule has 2 N–H and O–H groups in total. The molecule has 0 saturated carbocycles. The van der Waals surface area contributed by atoms with Crippen molar-refractivity contribution in [3.05, 3.63) is 59.7 Å². The molecular weight excluding hydrogens is 340 g/mol. The van der Waals surface area contributed by atoms with E-state index < -0.39 is 0 Å². The lowest BCUT2D eigenvalue weighted by molar-refractivity contribution is 0.0400. The second kappa shape index (κ2) is 10.6. The van der Waals surface area contributed by atoms with Crippen molar-refractivity contribution in [1.29, 1.82) is 0 Å². The second-order valence-corrected chi connectivity index (χ2v) is 6.86. The topological polar surface area (TPSA) is 64.8 Å². The van der Waals surface area contributed by atoms with Crippen molar-refractivity contribution in [2.24, 2.45) is 0 Å². The minimum atomic E-state index is -0.366. The summed E-state index contributed by atoms with van der Waals surface area (Å²) >= 11 is 0. The molecule has 2 aromatic rings. The number of nitrogens with two attached hydrogens (primary N) is 1. The Morgan fingerprint density at radius 3 is 2.56 bits per heavy atom. The summed E-state index contributed by atoms with van der Waals surface area (Å²) < 4.78 is 11.2. The van der Waals surface area contributed by atoms with Gasteiger partial charge in [-0.05, 0) is 50.7 Å². The first-order valence-corrected chi connectivity index (χ1v) is 9.41. The summed E-state index contributed by atoms with van der Waals surface area (Å²) in [6.07, 6.45) is 2.79. The van der Waals surface area contributed by atoms with Gasteiger partial charge in [-0.15, -0.1) is 0 Å². The van der Waals surface area contributed by atoms with Gasteiger partial charge in [-0.25, -0.2) is 4.79 Å². The van der Waals surface area contributed by atoms with Gasteiger partial charge >= 0.3 is 5.97 Å². The number of hydrogen-bond acceptors (Lipinski definition) is 5. The molecule has 1 atom stereocenters. The zero-order valence-corrected chi connectivity index (χ0v) is 16.5. The minimum Gasteiger partial charge on any atom is -0.491 e. The van der Waals surface area contributed by atoms with E-state index in [1.807, 2.05) is 32.3 Å². The van der Waals surface area contributed by atoms with E-state index in [4.69, 9.17) is 15.2 Å². The van der Waals surface area contributed by atoms with Crippen LogP contribution in [0.15, 0.2) is 48.5 Å². The van der Waals surface area contributed by atoms with Crippen LogP contribution in [0.5, 0.6) is 5.75 Å². The van der Waals surface area contributed by atoms with E-state index >= 15 is 0 Å². The van der Waals surface area contributed by atoms with Crippen LogP contribution in [0.3, 0.4) is 0 Å². The maximum atomic E-state index is 12.5. The molecule has 0 spiro atoms. The van der Waals surface area contributed by atoms with Crippen molar-refractivity contribution in [3.8, 4) is 5.75 Å². The second-order valence-electron chi connectivity index (χ2n) is 6.86. The molecule has 0 bridgehead atoms. The molecule has 0 aliphatic heterocycles. The van der Waals surface area contributed by atoms with Crippen molar-refractivity contribution in [2.75, 3.05) is 33.0 Å². The quantitative estimate of drug-likeness (QED) is 0.392. The Kier molecular flexibility index (Phi) is 8.14. The number of nitrogen functional groups attached to an aromatic ring is 1. The van der Waals surface area contributed by atoms with Gasteiger partial charge in [-0.1, -0.05) is 43.7 Å². The third kappa shape index (κ3) is 6.61. The number of nitrogens with zero attached hydrogens (tertiary/aromatic N) is 1. The van der Waals surface area contributed by atoms with Crippen LogP contribution in [-0.2, 0) is 11.2 Å². The van der Waals surface area contributed by atoms with Gasteiger partial charge in [0.25, 0.3) is 0 Å². The lowest BCUT2D eigenvalue weighted by Crippen LogP contribution is -2.35. The number of rotatable bonds is 10. The Hall–Kier alpha value is -2.53. The number of hydrogen-bond donors (Lipinski definition) is 1. The number of esters is 1. The van der Waals surface area contributed by atoms with Crippen molar-refractivity contribution in [1.82, 2.24) is 4.90 Å². The number of carbonyl (C=O) groups excluding carboxylic acids is 1. The van der Waals surface area contributed by atoms with Gasteiger partial charge in [0.1, 0.15) is 12.4 Å². The van der Waals surface area contributed by atoms with E-state index in [1.54, 1.807) is 18.2 Å². The summed E-state index contributed by atoms with van der Waals surface area (Å²) in [5, 5.41) is 0. The van der Waals surface area contributed by atoms with E-state index in [0.717, 1.165) is 19.3 Å². The van der Waals surface area contributed by atoms with Crippen LogP contribution in [0.25, 0.3) is 0 Å². The molecule has 5 nitrogen and oxygen atoms in total. The molecule has 0 amide bonds. The summed E-state index contributed by atoms with van der Waals surface area (Å²) in [5.74, 6) is 0.168. The summed E-state index contributed by atoms with van der Waals surface area (Å²) in [6, 6.07) is 15.3. The van der Waals surface area contributed by atoms with Crippen molar-refractivity contribution in [3.63, 3.8) is 0 Å². The molecular formula is C22H30N2O3. The molecule has 5 heteroatoms. The van der Waals surface area contributed by atoms with Gasteiger partial charge in [-0.2, -0.15) is 0 Å². The first-order valence-electron chi connectivity index (χ1n) is 9.41. The van der Waals surface area contributed by atoms with Crippen LogP contribution in [0.4, 0.5) is 5.69 Å². The lowest BCUT2D eigenvalue weighted by atomic mass is 10.1. The Bertz CT molecular complexity index is 717. The van der Waals surface area contributed by atoms with E-state index in [0.29, 0.717) is 30.2 Å². The van der Waals surface area contributed by atoms with E-state index in [9.17, 15) is 4.79 Å². The van der Waals surface area contributed by atoms with Crippen LogP contribution in [0, 0.1) is 0 Å². The Balaban J connectivity index is 1.97. The number of likely N-dealkylation sites (N-methyl/N-ethyl adjacent to an activating group) is 1. The SMILES string of the molecule is CCCCOc1cc(C(=O)OC[C@H](Cc2ccccc2)N(C)C)ccc1N. The summed E-state index contributed by atoms with van der Waals surface area (Å²) in [5.41, 5.74) is 8.13. The highest BCUT2D eigenvalue weighted by Crippen LogP contribution is 2.23. The molecule has 0 fully saturated rings. The van der Waals surface area contributed by atoms with Crippen LogP contribution < -0.4 is 10.5 Å². The fourth-order valence-electron chi connectivity index (χ4n) is 2.64. The molecule has 146 valence electrons. The maximum Gasteiger partial charge on any atom is 0.338 e. The third-order valence-electron chi connectivity index (χ3n) is 4.46. The molecule has 0 heterocycles. The Morgan fingerprint density at radius 1 is 1.15 bits per heavy atom. The summed E-state index contributed by atoms with van der Waals surface area (Å²) in [4.78, 5) is 14.6. The molecule has 27 heavy (non-hydrogen) atoms. The highest BCUT2D eigenvalue weighted by atomic mass is 16.5. The highest BCUT2D eigenvalue weighted by Gasteiger charge is 2.17. The molecule has 2 aromatic carbocycles. The van der Waals surface area contributed by atoms with Crippen molar-refractivity contribution < 1.29 is 14.3 Å². The molecule has 0 saturated heterocycles. The van der Waals surface area contributed by atoms with Crippen molar-refractivity contribution >= 4 is 11.7 Å². The molecule has 0 aromatic heterocycles. The van der Waals surface area contributed by atoms with E-state index in [-0.39, 0.29) is 12.0 Å². The Labute approximate surface area is 162 Å². The zero-order valence-electron chi connectivity index (χ0n) is 16.5. The highest BCUT2D eigenvalue weighted by molar-refractivity contribution is 5.90. The van der Waals surface area contributed by atoms with Gasteiger partial charge in [0.15, 0.2) is 0 Å². The molecule has 0 unspecified atom stereocenters. The van der Waals surface area contributed by atoms with Gasteiger partial charge in [0.05, 0.1) is 17.9 Å². The predicted molar refractivity (Wildman–Crippen MR) is 109 cm³/mol. The zero-order chi connectivity index (χ0) is 19.6. The first-order chi connectivity index (χ1) is 13.0. The largest absolute Gasteiger partial charge is 0.491 e. The van der Waals surface area contributed by atoms with E-state index in [1.165, 1.54) is 5.56 Å². The smallest absolute Gasteiger partial charge is 0.338 e. The van der Waals surface area contributed by atoms with Gasteiger partial charge in [0.2, 0.25) is 0 Å². The minimum absolute atomic E-state index is 0.102. The van der Waals surface area contributed by atoms with Crippen LogP contribution in [0.1, 0.15) is 35.7 Å². The number of benzene rings is 2. The molecule has 2 rings (SSSR count). The third-order valence-corrected chi connectivity index (χ3v) is 4.46. The summed E-state index contributed by atoms with van der Waals surface area (Å²) in [6.45, 7) is 2.99. The fraction of sp³-hybridized carbons (Fsp3) is 0.409. The Morgan fingerprint density at radius 2 is 1.89 bits per heavy atom. The number of carbonyl (C=O) groups is 1. The van der Waals surface area contributed by atoms with Gasteiger partial charge < -0.3 is 20.1 Å². The maximum absolute atomic E-state index is 12.5. The summed E-state index contributed by atoms with van der Waals surface area (Å²) in [7, 11) is 3.98. The van der Waals surface area contributed by atoms with Gasteiger partial charge in [0, 0.05) is 6.04 Å². The average Bonchev–Trinajstić information content (AvgIpc) is 2.67. The lowest BCUT2D eigenvalue weighted by Gasteiger charge is -2.24. The number of anilines is 1. The van der Waals surface area contributed by atoms with E-state index in [2.05, 4.69) is 24.0 Å². The molecule has 0 aliphatic carbocycles. The van der Waals surface area contributed by atoms with Crippen LogP contribution in [-0.4, -0.2) is 44.2 Å². The molecule has 0 radical (unpaired) electrons. The first kappa shape index (κ1) is 20.8. The van der Waals surface area contributed by atoms with Crippen molar-refractivity contribution in [2.45, 2.75) is 32.2 Å². The van der Waals surface area contributed by atoms with Gasteiger partial charge in [-0.3, -0.25) is 0 Å². The van der Waals surface area contributed by atoms with Crippen LogP contribution in [0.2, 0.25) is 0 Å². The number of unbranched alkanes of at least 4 members (excludes halogenated alkanes) is 1. The normalized spacial score (nSPS) is 12.0. The number of ether oxygens (including phenoxy) is 2.